The van der Waals surface area contributed by atoms with Gasteiger partial charge in [0, 0.05) is 0 Å². The Morgan fingerprint density at radius 1 is 0.571 bits per heavy atom. The topological polar surface area (TPSA) is 160 Å². The maximum Gasteiger partial charge on any atom is 0.455 e. The molecule has 0 spiro atoms. The Morgan fingerprint density at radius 2 is 0.893 bits per heavy atom. The summed E-state index contributed by atoms with van der Waals surface area (Å²) in [5.41, 5.74) is 21.2. The number of rotatable bonds is 6. The number of hydrogen-bond donors (Lipinski definition) is 4. The highest BCUT2D eigenvalue weighted by atomic mass is 31.3. The molecular weight excluding hydrogens is 485 g/mol. The fourth-order valence-corrected chi connectivity index (χ4v) is 8.97. The van der Waals surface area contributed by atoms with Gasteiger partial charge in [-0.15, -0.1) is 0 Å². The van der Waals surface area contributed by atoms with E-state index in [1.807, 2.05) is 0 Å². The molecule has 1 rings (SSSR count). The number of hydrogen-bond acceptors (Lipinski definition) is 9. The van der Waals surface area contributed by atoms with Gasteiger partial charge in [-0.3, -0.25) is 31.1 Å². The van der Waals surface area contributed by atoms with Crippen molar-refractivity contribution in [2.24, 2.45) is 35.6 Å². The zero-order chi connectivity index (χ0) is 22.4. The maximum atomic E-state index is 13.1. The lowest BCUT2D eigenvalue weighted by molar-refractivity contribution is -0.293. The summed E-state index contributed by atoms with van der Waals surface area (Å²) in [6.07, 6.45) is -12.4. The van der Waals surface area contributed by atoms with E-state index >= 15 is 0 Å². The van der Waals surface area contributed by atoms with Crippen molar-refractivity contribution in [3.8, 4) is 0 Å². The van der Waals surface area contributed by atoms with Crippen LogP contribution in [0.5, 0.6) is 0 Å². The maximum absolute atomic E-state index is 13.1. The van der Waals surface area contributed by atoms with Crippen LogP contribution in [-0.4, -0.2) is 37.4 Å². The zero-order valence-corrected chi connectivity index (χ0v) is 15.7. The average molecular weight is 497 g/mol. The minimum Gasteiger partial charge on any atom is -0.300 e. The predicted molar refractivity (Wildman–Crippen MR) is 78.7 cm³/mol. The largest absolute Gasteiger partial charge is 0.455 e. The van der Waals surface area contributed by atoms with E-state index in [4.69, 9.17) is 22.0 Å². The number of nitrogens with zero attached hydrogens (tertiary/aromatic N) is 3. The third-order valence-electron chi connectivity index (χ3n) is 2.46. The van der Waals surface area contributed by atoms with Crippen molar-refractivity contribution < 1.29 is 53.0 Å². The molecule has 22 heteroatoms. The molecule has 0 radical (unpaired) electrons. The van der Waals surface area contributed by atoms with E-state index in [1.54, 1.807) is 0 Å². The Morgan fingerprint density at radius 3 is 1.18 bits per heavy atom. The van der Waals surface area contributed by atoms with Crippen LogP contribution in [0.2, 0.25) is 0 Å². The van der Waals surface area contributed by atoms with Gasteiger partial charge in [0.15, 0.2) is 0 Å². The van der Waals surface area contributed by atoms with Crippen LogP contribution < -0.4 is 22.0 Å². The van der Waals surface area contributed by atoms with Gasteiger partial charge in [-0.05, 0) is 0 Å². The highest BCUT2D eigenvalue weighted by Gasteiger charge is 2.60. The van der Waals surface area contributed by atoms with E-state index in [1.165, 1.54) is 0 Å². The average Bonchev–Trinajstić information content (AvgIpc) is 2.37. The van der Waals surface area contributed by atoms with Crippen LogP contribution in [0, 0.1) is 0 Å². The van der Waals surface area contributed by atoms with Crippen molar-refractivity contribution in [2.75, 3.05) is 13.2 Å². The van der Waals surface area contributed by atoms with Crippen molar-refractivity contribution in [3.63, 3.8) is 0 Å². The first-order chi connectivity index (χ1) is 12.0. The molecule has 0 atom stereocenters. The fraction of sp³-hybridized carbons (Fsp3) is 1.00. The van der Waals surface area contributed by atoms with E-state index in [0.717, 1.165) is 0 Å². The predicted octanol–water partition coefficient (Wildman–Crippen LogP) is 4.10. The molecule has 1 aliphatic heterocycles. The minimum absolute atomic E-state index is 2.63. The van der Waals surface area contributed by atoms with Crippen LogP contribution in [0.4, 0.5) is 43.9 Å². The number of halogens is 10. The molecule has 1 heterocycles. The van der Waals surface area contributed by atoms with Crippen LogP contribution in [-0.2, 0) is 9.05 Å². The summed E-state index contributed by atoms with van der Waals surface area (Å²) in [5.74, 6) is -11.2. The number of alkyl halides is 10. The molecule has 0 amide bonds. The second-order valence-corrected chi connectivity index (χ2v) is 11.6. The molecule has 0 bridgehead atoms. The second-order valence-electron chi connectivity index (χ2n) is 5.11. The second kappa shape index (κ2) is 7.46. The molecule has 0 aromatic carbocycles. The third kappa shape index (κ3) is 6.37. The van der Waals surface area contributed by atoms with Gasteiger partial charge in [-0.2, -0.15) is 57.5 Å². The van der Waals surface area contributed by atoms with Gasteiger partial charge in [0.25, 0.3) is 0 Å². The Hall–Kier alpha value is -0.250. The Kier molecular flexibility index (Phi) is 6.87. The number of nitrogens with two attached hydrogens (primary N) is 4. The first-order valence-corrected chi connectivity index (χ1v) is 11.5. The smallest absolute Gasteiger partial charge is 0.300 e. The van der Waals surface area contributed by atoms with Crippen LogP contribution >= 0.6 is 22.7 Å². The van der Waals surface area contributed by atoms with Crippen molar-refractivity contribution in [3.05, 3.63) is 0 Å². The lowest BCUT2D eigenvalue weighted by atomic mass is 10.3. The Labute approximate surface area is 149 Å². The lowest BCUT2D eigenvalue weighted by Crippen LogP contribution is -2.41. The molecule has 0 aromatic heterocycles. The SMILES string of the molecule is NP1(N)=NP(N)(N)=NP(OCC(F)(F)C(F)(F)F)(OCC(F)(F)C(F)(F)F)=N1. The molecule has 28 heavy (non-hydrogen) atoms. The molecule has 168 valence electrons. The van der Waals surface area contributed by atoms with Crippen LogP contribution in [0.3, 0.4) is 0 Å². The summed E-state index contributed by atoms with van der Waals surface area (Å²) in [6, 6.07) is 0. The monoisotopic (exact) mass is 497 g/mol. The summed E-state index contributed by atoms with van der Waals surface area (Å²) in [4.78, 5) is 0. The van der Waals surface area contributed by atoms with Gasteiger partial charge in [0.1, 0.15) is 13.2 Å². The molecule has 1 aliphatic rings. The molecule has 0 saturated carbocycles. The first kappa shape index (κ1) is 25.8. The molecule has 9 nitrogen and oxygen atoms in total. The molecule has 8 N–H and O–H groups in total. The molecular formula is C6H12F10N7O2P3. The highest BCUT2D eigenvalue weighted by molar-refractivity contribution is 7.81. The van der Waals surface area contributed by atoms with E-state index < -0.39 is 60.1 Å². The summed E-state index contributed by atoms with van der Waals surface area (Å²) in [6.45, 7) is -5.26. The fourth-order valence-electron chi connectivity index (χ4n) is 1.28. The first-order valence-electron chi connectivity index (χ1n) is 6.27. The van der Waals surface area contributed by atoms with E-state index in [2.05, 4.69) is 22.6 Å². The van der Waals surface area contributed by atoms with Crippen LogP contribution in [0.15, 0.2) is 13.5 Å². The molecule has 0 aliphatic carbocycles. The Balaban J connectivity index is 3.38. The van der Waals surface area contributed by atoms with Gasteiger partial charge in [0.2, 0.25) is 15.0 Å². The summed E-state index contributed by atoms with van der Waals surface area (Å²) >= 11 is 0. The summed E-state index contributed by atoms with van der Waals surface area (Å²) in [5, 5.41) is 0. The standard InChI is InChI=1S/C6H12F10N7O2P3/c7-3(8,5(11,12)13)1-24-28(25-2-4(9,10)6(14,15)16)22-26(17,18)21-27(19,20)23-28/h1-2,17-20H2. The highest BCUT2D eigenvalue weighted by Crippen LogP contribution is 2.71. The quantitative estimate of drug-likeness (QED) is 0.319. The molecule has 0 fully saturated rings. The van der Waals surface area contributed by atoms with Crippen molar-refractivity contribution >= 4 is 22.7 Å². The van der Waals surface area contributed by atoms with Crippen LogP contribution in [0.1, 0.15) is 0 Å². The van der Waals surface area contributed by atoms with E-state index in [9.17, 15) is 43.9 Å². The Bertz CT molecular complexity index is 723. The lowest BCUT2D eigenvalue weighted by Gasteiger charge is -2.31. The van der Waals surface area contributed by atoms with Gasteiger partial charge in [-0.25, -0.2) is 0 Å². The molecule has 0 saturated heterocycles. The summed E-state index contributed by atoms with van der Waals surface area (Å²) in [7, 11) is -13.4. The van der Waals surface area contributed by atoms with Gasteiger partial charge >= 0.3 is 31.9 Å². The third-order valence-corrected chi connectivity index (χ3v) is 9.78. The molecule has 0 aromatic rings. The zero-order valence-electron chi connectivity index (χ0n) is 13.0. The molecule has 0 unspecified atom stereocenters. The van der Waals surface area contributed by atoms with E-state index in [0.29, 0.717) is 0 Å². The van der Waals surface area contributed by atoms with E-state index in [-0.39, 0.29) is 0 Å². The van der Waals surface area contributed by atoms with Gasteiger partial charge in [-0.1, -0.05) is 0 Å². The normalized spacial score (nSPS) is 22.1. The minimum atomic E-state index is -6.18. The van der Waals surface area contributed by atoms with Gasteiger partial charge in [0.05, 0.1) is 0 Å². The van der Waals surface area contributed by atoms with Gasteiger partial charge < -0.3 is 0 Å². The van der Waals surface area contributed by atoms with Crippen LogP contribution in [0.25, 0.3) is 0 Å². The van der Waals surface area contributed by atoms with Crippen molar-refractivity contribution in [1.82, 2.24) is 0 Å². The van der Waals surface area contributed by atoms with Crippen molar-refractivity contribution in [1.29, 1.82) is 0 Å². The summed E-state index contributed by atoms with van der Waals surface area (Å²) < 4.78 is 143. The van der Waals surface area contributed by atoms with Crippen molar-refractivity contribution in [2.45, 2.75) is 24.2 Å².